The molecule has 0 N–H and O–H groups in total. The Morgan fingerprint density at radius 2 is 0.861 bits per heavy atom. The summed E-state index contributed by atoms with van der Waals surface area (Å²) in [6.07, 6.45) is -18.4. The Balaban J connectivity index is 0.806. The molecule has 0 amide bonds. The molecule has 22 heteroatoms. The quantitative estimate of drug-likeness (QED) is 0.0400. The first-order valence-corrected chi connectivity index (χ1v) is 38.6. The second-order valence-corrected chi connectivity index (χ2v) is 30.8. The second kappa shape index (κ2) is 35.8. The van der Waals surface area contributed by atoms with Gasteiger partial charge in [-0.25, -0.2) is 0 Å². The molecule has 8 heterocycles. The van der Waals surface area contributed by atoms with Crippen molar-refractivity contribution in [1.29, 1.82) is 0 Å². The van der Waals surface area contributed by atoms with Gasteiger partial charge in [0.25, 0.3) is 0 Å². The Morgan fingerprint density at radius 1 is 0.398 bits per heavy atom. The highest BCUT2D eigenvalue weighted by Crippen LogP contribution is 2.49. The Morgan fingerprint density at radius 3 is 1.46 bits per heavy atom. The third kappa shape index (κ3) is 18.5. The lowest BCUT2D eigenvalue weighted by Crippen LogP contribution is -2.65. The van der Waals surface area contributed by atoms with E-state index in [1.165, 1.54) is 6.92 Å². The van der Waals surface area contributed by atoms with Crippen LogP contribution in [0, 0.1) is 23.7 Å². The SMILES string of the molecule is CC(=O)O[C@H]1C(C)O[C@@H](C)[C@H](O[C@@H]2OC(C)[C@H](O[C@@H]3OC[C@@H](C)C(O[C@@H]4OC[C@]5(COCc6ccccc6)O[C@@H](c6ccccc6)OC45)[C@H]3OCc3ccccc3)C(O[C@@H]3OC(COCc4ccccc4)[C@@H](OCc4ccccc4)C(OCc4ccccc4)[C@H]3C)[C@@H]2C)C1O[C@@H]1OC(C)[C@H](C)[C@@H]2OC(C)(C)OC12. The molecule has 10 unspecified atom stereocenters. The van der Waals surface area contributed by atoms with Crippen LogP contribution in [0.3, 0.4) is 0 Å². The molecule has 6 aromatic rings. The van der Waals surface area contributed by atoms with Crippen LogP contribution >= 0.6 is 0 Å². The molecule has 0 aliphatic carbocycles. The van der Waals surface area contributed by atoms with Gasteiger partial charge in [-0.15, -0.1) is 0 Å². The number of fused-ring (bicyclic) bond motifs is 2. The summed E-state index contributed by atoms with van der Waals surface area (Å²) >= 11 is 0. The van der Waals surface area contributed by atoms with Gasteiger partial charge < -0.3 is 99.5 Å². The number of carbonyl (C=O) groups is 1. The summed E-state index contributed by atoms with van der Waals surface area (Å²) in [6, 6.07) is 60.0. The molecular formula is C86H108O22. The minimum atomic E-state index is -1.12. The van der Waals surface area contributed by atoms with Crippen LogP contribution in [-0.2, 0) is 137 Å². The van der Waals surface area contributed by atoms with Gasteiger partial charge in [0, 0.05) is 36.2 Å². The van der Waals surface area contributed by atoms with Crippen LogP contribution in [-0.4, -0.2) is 179 Å². The molecule has 14 rings (SSSR count). The van der Waals surface area contributed by atoms with Crippen LogP contribution in [0.2, 0.25) is 0 Å². The van der Waals surface area contributed by atoms with Crippen molar-refractivity contribution in [2.45, 2.75) is 262 Å². The summed E-state index contributed by atoms with van der Waals surface area (Å²) in [5.74, 6) is -2.98. The van der Waals surface area contributed by atoms with Crippen molar-refractivity contribution < 1.29 is 104 Å². The fraction of sp³-hybridized carbons (Fsp3) is 0.570. The molecule has 0 bridgehead atoms. The molecule has 584 valence electrons. The van der Waals surface area contributed by atoms with Crippen LogP contribution in [0.25, 0.3) is 0 Å². The van der Waals surface area contributed by atoms with E-state index in [2.05, 4.69) is 20.8 Å². The molecule has 8 aliphatic heterocycles. The predicted octanol–water partition coefficient (Wildman–Crippen LogP) is 12.7. The molecule has 28 atom stereocenters. The number of hydrogen-bond donors (Lipinski definition) is 0. The van der Waals surface area contributed by atoms with E-state index < -0.39 is 158 Å². The lowest BCUT2D eigenvalue weighted by molar-refractivity contribution is -0.387. The predicted molar refractivity (Wildman–Crippen MR) is 392 cm³/mol. The number of esters is 1. The maximum absolute atomic E-state index is 13.3. The first-order chi connectivity index (χ1) is 52.3. The van der Waals surface area contributed by atoms with Crippen molar-refractivity contribution in [3.8, 4) is 0 Å². The molecule has 0 saturated carbocycles. The van der Waals surface area contributed by atoms with E-state index in [1.807, 2.05) is 230 Å². The average Bonchev–Trinajstić information content (AvgIpc) is 1.57. The maximum atomic E-state index is 13.3. The summed E-state index contributed by atoms with van der Waals surface area (Å²) in [4.78, 5) is 13.3. The summed E-state index contributed by atoms with van der Waals surface area (Å²) in [5.41, 5.74) is 4.71. The van der Waals surface area contributed by atoms with Gasteiger partial charge in [0.15, 0.2) is 49.6 Å². The van der Waals surface area contributed by atoms with Crippen LogP contribution in [0.4, 0.5) is 0 Å². The third-order valence-corrected chi connectivity index (χ3v) is 22.2. The van der Waals surface area contributed by atoms with Gasteiger partial charge in [-0.2, -0.15) is 0 Å². The molecule has 108 heavy (non-hydrogen) atoms. The van der Waals surface area contributed by atoms with Crippen molar-refractivity contribution >= 4 is 5.97 Å². The van der Waals surface area contributed by atoms with Gasteiger partial charge in [-0.1, -0.05) is 210 Å². The van der Waals surface area contributed by atoms with E-state index in [9.17, 15) is 4.79 Å². The van der Waals surface area contributed by atoms with E-state index in [-0.39, 0.29) is 70.3 Å². The third-order valence-electron chi connectivity index (χ3n) is 22.2. The molecule has 8 saturated heterocycles. The summed E-state index contributed by atoms with van der Waals surface area (Å²) in [6.45, 7) is 23.0. The Kier molecular flexibility index (Phi) is 26.1. The molecule has 6 aromatic carbocycles. The van der Waals surface area contributed by atoms with Crippen molar-refractivity contribution in [2.75, 3.05) is 26.4 Å². The fourth-order valence-electron chi connectivity index (χ4n) is 16.2. The van der Waals surface area contributed by atoms with Crippen molar-refractivity contribution in [3.63, 3.8) is 0 Å². The van der Waals surface area contributed by atoms with Gasteiger partial charge in [0.1, 0.15) is 54.4 Å². The zero-order valence-electron chi connectivity index (χ0n) is 63.8. The van der Waals surface area contributed by atoms with Gasteiger partial charge in [0.05, 0.1) is 108 Å². The first-order valence-electron chi connectivity index (χ1n) is 38.6. The lowest BCUT2D eigenvalue weighted by atomic mass is 9.89. The fourth-order valence-corrected chi connectivity index (χ4v) is 16.2. The standard InChI is InChI=1S/C86H108O22/c1-51-42-93-82(76(92-47-64-38-26-16-27-39-64)67(51)100-84-78-86(50-94-84,49-89-44-61-32-20-13-21-33-61)108-81(105-78)65-40-28-17-29-41-65)103-71-58(8)97-79(102-73-57(7)95-56(6)72(98-59(9)87)75(73)104-83-77-70(52(2)55(5)96-83)106-85(10,11)107-77)54(4)69(71)101-80-53(3)68(90-45-62-34-22-14-23-35-62)74(91-46-63-36-24-15-25-37-63)66(99-80)48-88-43-60-30-18-12-19-31-60/h12-41,51-58,66-84H,42-50H2,1-11H3/t51-,52+,53-,54+,55?,56?,57+,58?,66?,67?,68?,69?,70+,71+,72+,73+,74-,75?,76-,77?,78?,79+,80+,81+,82+,83+,84+,86+/m1/s1. The van der Waals surface area contributed by atoms with E-state index in [1.54, 1.807) is 0 Å². The minimum absolute atomic E-state index is 0.0361. The monoisotopic (exact) mass is 1490 g/mol. The lowest BCUT2D eigenvalue weighted by Gasteiger charge is -2.52. The van der Waals surface area contributed by atoms with Crippen molar-refractivity contribution in [2.24, 2.45) is 23.7 Å². The van der Waals surface area contributed by atoms with E-state index in [0.29, 0.717) is 13.2 Å². The summed E-state index contributed by atoms with van der Waals surface area (Å²) < 4.78 is 147. The Bertz CT molecular complexity index is 3720. The topological polar surface area (TPSA) is 211 Å². The van der Waals surface area contributed by atoms with E-state index in [0.717, 1.165) is 33.4 Å². The Hall–Kier alpha value is -6.01. The molecule has 0 radical (unpaired) electrons. The van der Waals surface area contributed by atoms with E-state index in [4.69, 9.17) is 99.5 Å². The van der Waals surface area contributed by atoms with Crippen LogP contribution in [0.15, 0.2) is 182 Å². The number of hydrogen-bond acceptors (Lipinski definition) is 22. The van der Waals surface area contributed by atoms with Gasteiger partial charge >= 0.3 is 5.97 Å². The highest BCUT2D eigenvalue weighted by atomic mass is 16.8. The largest absolute Gasteiger partial charge is 0.457 e. The average molecular weight is 1490 g/mol. The molecule has 22 nitrogen and oxygen atoms in total. The molecule has 8 aliphatic rings. The summed E-state index contributed by atoms with van der Waals surface area (Å²) in [5, 5.41) is 0. The molecular weight excluding hydrogens is 1380 g/mol. The zero-order valence-corrected chi connectivity index (χ0v) is 63.8. The van der Waals surface area contributed by atoms with Crippen molar-refractivity contribution in [3.05, 3.63) is 215 Å². The van der Waals surface area contributed by atoms with Crippen LogP contribution in [0.1, 0.15) is 116 Å². The van der Waals surface area contributed by atoms with Crippen LogP contribution in [0.5, 0.6) is 0 Å². The Labute approximate surface area is 634 Å². The maximum Gasteiger partial charge on any atom is 0.303 e. The number of rotatable bonds is 29. The highest BCUT2D eigenvalue weighted by Gasteiger charge is 2.63. The molecule has 0 aromatic heterocycles. The normalized spacial score (nSPS) is 38.0. The second-order valence-electron chi connectivity index (χ2n) is 30.8. The van der Waals surface area contributed by atoms with Gasteiger partial charge in [0.2, 0.25) is 0 Å². The molecule has 8 fully saturated rings. The smallest absolute Gasteiger partial charge is 0.303 e. The van der Waals surface area contributed by atoms with Crippen LogP contribution < -0.4 is 0 Å². The van der Waals surface area contributed by atoms with Gasteiger partial charge in [-0.3, -0.25) is 4.79 Å². The van der Waals surface area contributed by atoms with Gasteiger partial charge in [-0.05, 0) is 69.4 Å². The highest BCUT2D eigenvalue weighted by molar-refractivity contribution is 5.66. The van der Waals surface area contributed by atoms with E-state index >= 15 is 0 Å². The van der Waals surface area contributed by atoms with Crippen molar-refractivity contribution in [1.82, 2.24) is 0 Å². The first kappa shape index (κ1) is 78.7. The number of ether oxygens (including phenoxy) is 21. The molecule has 0 spiro atoms. The summed E-state index contributed by atoms with van der Waals surface area (Å²) in [7, 11) is 0. The number of carbonyl (C=O) groups excluding carboxylic acids is 1. The minimum Gasteiger partial charge on any atom is -0.457 e. The number of benzene rings is 6. The zero-order chi connectivity index (χ0) is 75.1.